The molecule has 0 saturated heterocycles. The lowest BCUT2D eigenvalue weighted by Crippen LogP contribution is -2.31. The maximum absolute atomic E-state index is 13.9. The number of carbonyl (C=O) groups excluding carboxylic acids is 3. The van der Waals surface area contributed by atoms with Crippen LogP contribution in [0.4, 0.5) is 5.13 Å². The lowest BCUT2D eigenvalue weighted by Gasteiger charge is -2.24. The molecule has 1 aliphatic rings. The number of amides is 1. The normalized spacial score (nSPS) is 15.0. The van der Waals surface area contributed by atoms with Crippen molar-refractivity contribution in [2.24, 2.45) is 0 Å². The number of esters is 1. The summed E-state index contributed by atoms with van der Waals surface area (Å²) in [4.78, 5) is 45.9. The molecule has 4 aromatic rings. The van der Waals surface area contributed by atoms with Gasteiger partial charge in [-0.1, -0.05) is 48.3 Å². The van der Waals surface area contributed by atoms with E-state index in [4.69, 9.17) is 18.6 Å². The molecule has 1 N–H and O–H groups in total. The van der Waals surface area contributed by atoms with Gasteiger partial charge in [0, 0.05) is 5.39 Å². The molecule has 41 heavy (non-hydrogen) atoms. The first-order valence-electron chi connectivity index (χ1n) is 12.6. The highest BCUT2D eigenvalue weighted by Gasteiger charge is 2.47. The number of carbonyl (C=O) groups is 3. The fourth-order valence-corrected chi connectivity index (χ4v) is 5.55. The first kappa shape index (κ1) is 27.7. The molecule has 0 aliphatic carbocycles. The Morgan fingerprint density at radius 1 is 1.22 bits per heavy atom. The van der Waals surface area contributed by atoms with Crippen LogP contribution >= 0.6 is 11.3 Å². The minimum Gasteiger partial charge on any atom is -0.503 e. The number of aliphatic hydroxyl groups excluding tert-OH is 1. The number of thiazole rings is 1. The van der Waals surface area contributed by atoms with E-state index < -0.39 is 29.5 Å². The van der Waals surface area contributed by atoms with Gasteiger partial charge in [-0.25, -0.2) is 9.78 Å². The molecule has 0 saturated carbocycles. The van der Waals surface area contributed by atoms with Crippen LogP contribution < -0.4 is 14.4 Å². The van der Waals surface area contributed by atoms with Gasteiger partial charge in [0.1, 0.15) is 17.2 Å². The van der Waals surface area contributed by atoms with Gasteiger partial charge in [-0.15, -0.1) is 0 Å². The van der Waals surface area contributed by atoms with Crippen LogP contribution in [0.2, 0.25) is 0 Å². The SMILES string of the molecule is C=CCOc1ccc(C2C(C(=O)c3cc4cccc(OC)c4o3)=C(O)C(=O)N2c2nc(C)c(C(=O)OCC)s2)cc1. The maximum atomic E-state index is 13.9. The summed E-state index contributed by atoms with van der Waals surface area (Å²) < 4.78 is 21.9. The number of furan rings is 1. The number of anilines is 1. The number of hydrogen-bond acceptors (Lipinski definition) is 10. The average Bonchev–Trinajstić information content (AvgIpc) is 3.65. The van der Waals surface area contributed by atoms with Crippen LogP contribution in [0.25, 0.3) is 11.0 Å². The molecule has 3 heterocycles. The summed E-state index contributed by atoms with van der Waals surface area (Å²) in [7, 11) is 1.49. The molecule has 10 nitrogen and oxygen atoms in total. The van der Waals surface area contributed by atoms with Crippen molar-refractivity contribution < 1.29 is 38.1 Å². The minimum absolute atomic E-state index is 0.0841. The van der Waals surface area contributed by atoms with E-state index in [9.17, 15) is 19.5 Å². The van der Waals surface area contributed by atoms with Crippen LogP contribution in [0.5, 0.6) is 11.5 Å². The van der Waals surface area contributed by atoms with Crippen LogP contribution in [0, 0.1) is 6.92 Å². The number of benzene rings is 2. The zero-order valence-electron chi connectivity index (χ0n) is 22.5. The van der Waals surface area contributed by atoms with Crippen molar-refractivity contribution >= 4 is 45.1 Å². The number of hydrogen-bond donors (Lipinski definition) is 1. The summed E-state index contributed by atoms with van der Waals surface area (Å²) in [6.45, 7) is 7.40. The molecular formula is C30H26N2O8S. The highest BCUT2D eigenvalue weighted by Crippen LogP contribution is 2.44. The number of aromatic nitrogens is 1. The second-order valence-corrected chi connectivity index (χ2v) is 9.94. The lowest BCUT2D eigenvalue weighted by molar-refractivity contribution is -0.117. The Labute approximate surface area is 239 Å². The Morgan fingerprint density at radius 3 is 2.66 bits per heavy atom. The van der Waals surface area contributed by atoms with Gasteiger partial charge in [-0.3, -0.25) is 14.5 Å². The van der Waals surface area contributed by atoms with E-state index in [-0.39, 0.29) is 27.9 Å². The number of ketones is 1. The number of aliphatic hydroxyl groups is 1. The summed E-state index contributed by atoms with van der Waals surface area (Å²) >= 11 is 0.936. The van der Waals surface area contributed by atoms with E-state index in [2.05, 4.69) is 11.6 Å². The van der Waals surface area contributed by atoms with Gasteiger partial charge in [0.15, 0.2) is 28.0 Å². The van der Waals surface area contributed by atoms with Crippen molar-refractivity contribution in [2.75, 3.05) is 25.2 Å². The van der Waals surface area contributed by atoms with E-state index in [1.807, 2.05) is 0 Å². The first-order chi connectivity index (χ1) is 19.8. The lowest BCUT2D eigenvalue weighted by atomic mass is 9.95. The van der Waals surface area contributed by atoms with Gasteiger partial charge < -0.3 is 23.7 Å². The highest BCUT2D eigenvalue weighted by molar-refractivity contribution is 7.17. The van der Waals surface area contributed by atoms with Gasteiger partial charge in [0.2, 0.25) is 5.78 Å². The topological polar surface area (TPSA) is 128 Å². The third-order valence-corrected chi connectivity index (χ3v) is 7.56. The molecular weight excluding hydrogens is 548 g/mol. The van der Waals surface area contributed by atoms with Crippen molar-refractivity contribution in [1.29, 1.82) is 0 Å². The van der Waals surface area contributed by atoms with Crippen molar-refractivity contribution in [3.05, 3.63) is 94.4 Å². The number of methoxy groups -OCH3 is 1. The average molecular weight is 575 g/mol. The number of rotatable bonds is 10. The maximum Gasteiger partial charge on any atom is 0.350 e. The van der Waals surface area contributed by atoms with E-state index in [0.717, 1.165) is 11.3 Å². The Morgan fingerprint density at radius 2 is 1.98 bits per heavy atom. The van der Waals surface area contributed by atoms with E-state index >= 15 is 0 Å². The van der Waals surface area contributed by atoms with Crippen LogP contribution in [0.3, 0.4) is 0 Å². The summed E-state index contributed by atoms with van der Waals surface area (Å²) in [6, 6.07) is 12.4. The zero-order valence-corrected chi connectivity index (χ0v) is 23.3. The molecule has 0 bridgehead atoms. The molecule has 0 fully saturated rings. The molecule has 1 amide bonds. The summed E-state index contributed by atoms with van der Waals surface area (Å²) in [6.07, 6.45) is 1.61. The minimum atomic E-state index is -1.08. The Kier molecular flexibility index (Phi) is 7.62. The van der Waals surface area contributed by atoms with Gasteiger partial charge >= 0.3 is 5.97 Å². The number of ether oxygens (including phenoxy) is 3. The molecule has 1 unspecified atom stereocenters. The first-order valence-corrected chi connectivity index (χ1v) is 13.5. The van der Waals surface area contributed by atoms with Crippen molar-refractivity contribution in [2.45, 2.75) is 19.9 Å². The van der Waals surface area contributed by atoms with Gasteiger partial charge in [-0.05, 0) is 43.7 Å². The summed E-state index contributed by atoms with van der Waals surface area (Å²) in [5.41, 5.74) is 1.01. The fourth-order valence-electron chi connectivity index (χ4n) is 4.56. The smallest absolute Gasteiger partial charge is 0.350 e. The van der Waals surface area contributed by atoms with Crippen molar-refractivity contribution in [3.63, 3.8) is 0 Å². The van der Waals surface area contributed by atoms with Gasteiger partial charge in [-0.2, -0.15) is 0 Å². The third-order valence-electron chi connectivity index (χ3n) is 6.42. The molecule has 11 heteroatoms. The molecule has 5 rings (SSSR count). The van der Waals surface area contributed by atoms with E-state index in [1.165, 1.54) is 18.1 Å². The van der Waals surface area contributed by atoms with E-state index in [0.29, 0.717) is 40.3 Å². The van der Waals surface area contributed by atoms with E-state index in [1.54, 1.807) is 62.4 Å². The third kappa shape index (κ3) is 4.95. The standard InChI is InChI=1S/C30H26N2O8S/c1-5-14-39-19-12-10-17(11-13-19)23-22(24(33)21-15-18-8-7-9-20(37-4)26(18)40-21)25(34)28(35)32(23)30-31-16(3)27(41-30)29(36)38-6-2/h5,7-13,15,23,34H,1,6,14H2,2-4H3. The molecule has 0 spiro atoms. The summed E-state index contributed by atoms with van der Waals surface area (Å²) in [5, 5.41) is 11.9. The van der Waals surface area contributed by atoms with Gasteiger partial charge in [0.25, 0.3) is 5.91 Å². The predicted octanol–water partition coefficient (Wildman–Crippen LogP) is 5.73. The molecule has 2 aromatic heterocycles. The number of para-hydroxylation sites is 1. The molecule has 1 aliphatic heterocycles. The van der Waals surface area contributed by atoms with Crippen LogP contribution in [0.15, 0.2) is 76.9 Å². The largest absolute Gasteiger partial charge is 0.503 e. The number of nitrogens with zero attached hydrogens (tertiary/aromatic N) is 2. The van der Waals surface area contributed by atoms with Crippen LogP contribution in [-0.4, -0.2) is 48.1 Å². The number of aryl methyl sites for hydroxylation is 1. The molecule has 0 radical (unpaired) electrons. The molecule has 210 valence electrons. The zero-order chi connectivity index (χ0) is 29.3. The monoisotopic (exact) mass is 574 g/mol. The summed E-state index contributed by atoms with van der Waals surface area (Å²) in [5.74, 6) is -1.96. The second kappa shape index (κ2) is 11.3. The fraction of sp³-hybridized carbons (Fsp3) is 0.200. The Hall–Kier alpha value is -4.90. The molecule has 1 atom stereocenters. The highest BCUT2D eigenvalue weighted by atomic mass is 32.1. The van der Waals surface area contributed by atoms with Gasteiger partial charge in [0.05, 0.1) is 31.0 Å². The van der Waals surface area contributed by atoms with Crippen LogP contribution in [-0.2, 0) is 9.53 Å². The predicted molar refractivity (Wildman–Crippen MR) is 152 cm³/mol. The Bertz CT molecular complexity index is 1700. The number of fused-ring (bicyclic) bond motifs is 1. The van der Waals surface area contributed by atoms with Crippen molar-refractivity contribution in [3.8, 4) is 11.5 Å². The van der Waals surface area contributed by atoms with Crippen LogP contribution in [0.1, 0.15) is 44.4 Å². The quantitative estimate of drug-likeness (QED) is 0.143. The number of Topliss-reactive ketones (excluding diaryl/α,β-unsaturated/α-hetero) is 1. The molecule has 2 aromatic carbocycles. The second-order valence-electron chi connectivity index (χ2n) is 8.96. The van der Waals surface area contributed by atoms with Crippen molar-refractivity contribution in [1.82, 2.24) is 4.98 Å². The Balaban J connectivity index is 1.62.